The zero-order valence-corrected chi connectivity index (χ0v) is 16.8. The molecule has 0 N–H and O–H groups in total. The molecule has 1 aromatic carbocycles. The Morgan fingerprint density at radius 2 is 1.87 bits per heavy atom. The number of ether oxygens (including phenoxy) is 1. The normalized spacial score (nSPS) is 19.3. The molecule has 2 aromatic rings. The summed E-state index contributed by atoms with van der Waals surface area (Å²) in [6.45, 7) is 5.25. The van der Waals surface area contributed by atoms with Crippen molar-refractivity contribution < 1.29 is 23.1 Å². The van der Waals surface area contributed by atoms with Crippen molar-refractivity contribution in [1.29, 1.82) is 0 Å². The van der Waals surface area contributed by atoms with Gasteiger partial charge in [-0.1, -0.05) is 0 Å². The third-order valence-corrected chi connectivity index (χ3v) is 5.37. The number of aromatic nitrogens is 1. The zero-order valence-electron chi connectivity index (χ0n) is 16.8. The monoisotopic (exact) mass is 416 g/mol. The highest BCUT2D eigenvalue weighted by molar-refractivity contribution is 5.96. The number of rotatable bonds is 3. The highest BCUT2D eigenvalue weighted by Gasteiger charge is 2.32. The standard InChI is InChI=1S/C21H22F2N4O3/c1-13-9-18(23)19(24-11-13)25-5-7-26(8-6-25)20(28)16-4-3-15(10-17(16)22)27-14(2)12-30-21(27)29/h3-4,9-11,14H,5-8,12H2,1-2H3/t14-/m1/s1. The van der Waals surface area contributed by atoms with Gasteiger partial charge in [-0.3, -0.25) is 9.69 Å². The first-order valence-electron chi connectivity index (χ1n) is 9.77. The maximum atomic E-state index is 14.7. The predicted molar refractivity (Wildman–Crippen MR) is 107 cm³/mol. The maximum Gasteiger partial charge on any atom is 0.414 e. The summed E-state index contributed by atoms with van der Waals surface area (Å²) in [5.74, 6) is -1.27. The van der Waals surface area contributed by atoms with Gasteiger partial charge in [0.1, 0.15) is 12.4 Å². The van der Waals surface area contributed by atoms with Gasteiger partial charge in [-0.15, -0.1) is 0 Å². The number of hydrogen-bond donors (Lipinski definition) is 0. The molecule has 2 aliphatic heterocycles. The minimum absolute atomic E-state index is 0.0629. The van der Waals surface area contributed by atoms with Crippen molar-refractivity contribution in [2.24, 2.45) is 0 Å². The van der Waals surface area contributed by atoms with Crippen molar-refractivity contribution in [3.8, 4) is 0 Å². The van der Waals surface area contributed by atoms with E-state index in [4.69, 9.17) is 4.74 Å². The third-order valence-electron chi connectivity index (χ3n) is 5.37. The van der Waals surface area contributed by atoms with Crippen LogP contribution in [0.5, 0.6) is 0 Å². The molecule has 2 amide bonds. The molecule has 2 saturated heterocycles. The highest BCUT2D eigenvalue weighted by atomic mass is 19.1. The quantitative estimate of drug-likeness (QED) is 0.770. The molecule has 7 nitrogen and oxygen atoms in total. The van der Waals surface area contributed by atoms with E-state index in [1.54, 1.807) is 31.0 Å². The van der Waals surface area contributed by atoms with E-state index < -0.39 is 23.6 Å². The molecule has 2 aliphatic rings. The smallest absolute Gasteiger partial charge is 0.414 e. The largest absolute Gasteiger partial charge is 0.447 e. The van der Waals surface area contributed by atoms with Crippen molar-refractivity contribution in [2.75, 3.05) is 42.6 Å². The van der Waals surface area contributed by atoms with Gasteiger partial charge in [0.25, 0.3) is 5.91 Å². The van der Waals surface area contributed by atoms with Crippen LogP contribution in [0.25, 0.3) is 0 Å². The topological polar surface area (TPSA) is 66.0 Å². The summed E-state index contributed by atoms with van der Waals surface area (Å²) in [6.07, 6.45) is 1.07. The van der Waals surface area contributed by atoms with Gasteiger partial charge in [0, 0.05) is 32.4 Å². The minimum atomic E-state index is -0.696. The van der Waals surface area contributed by atoms with Gasteiger partial charge in [-0.25, -0.2) is 18.6 Å². The Hall–Kier alpha value is -3.23. The fourth-order valence-corrected chi connectivity index (χ4v) is 3.75. The number of pyridine rings is 1. The van der Waals surface area contributed by atoms with Gasteiger partial charge in [0.15, 0.2) is 11.6 Å². The van der Waals surface area contributed by atoms with Crippen molar-refractivity contribution >= 4 is 23.5 Å². The number of cyclic esters (lactones) is 1. The van der Waals surface area contributed by atoms with E-state index in [-0.39, 0.29) is 24.0 Å². The Bertz CT molecular complexity index is 992. The molecule has 0 saturated carbocycles. The Morgan fingerprint density at radius 1 is 1.13 bits per heavy atom. The molecule has 9 heteroatoms. The van der Waals surface area contributed by atoms with Crippen LogP contribution in [0.1, 0.15) is 22.8 Å². The van der Waals surface area contributed by atoms with Crippen LogP contribution in [0.4, 0.5) is 25.1 Å². The fraction of sp³-hybridized carbons (Fsp3) is 0.381. The molecule has 0 aliphatic carbocycles. The Kier molecular flexibility index (Phi) is 5.27. The summed E-state index contributed by atoms with van der Waals surface area (Å²) in [4.78, 5) is 33.5. The molecule has 2 fully saturated rings. The second-order valence-corrected chi connectivity index (χ2v) is 7.56. The molecule has 0 spiro atoms. The first-order valence-corrected chi connectivity index (χ1v) is 9.77. The summed E-state index contributed by atoms with van der Waals surface area (Å²) in [5.41, 5.74) is 1.03. The average molecular weight is 416 g/mol. The van der Waals surface area contributed by atoms with E-state index in [0.717, 1.165) is 5.56 Å². The maximum absolute atomic E-state index is 14.7. The second kappa shape index (κ2) is 7.89. The third kappa shape index (κ3) is 3.67. The number of nitrogens with zero attached hydrogens (tertiary/aromatic N) is 4. The van der Waals surface area contributed by atoms with Crippen LogP contribution in [0.3, 0.4) is 0 Å². The molecular weight excluding hydrogens is 394 g/mol. The molecule has 0 unspecified atom stereocenters. The lowest BCUT2D eigenvalue weighted by Gasteiger charge is -2.35. The number of carbonyl (C=O) groups excluding carboxylic acids is 2. The molecule has 1 aromatic heterocycles. The number of piperazine rings is 1. The summed E-state index contributed by atoms with van der Waals surface area (Å²) in [5, 5.41) is 0. The van der Waals surface area contributed by atoms with E-state index in [1.807, 2.05) is 0 Å². The molecule has 4 rings (SSSR count). The second-order valence-electron chi connectivity index (χ2n) is 7.56. The number of aryl methyl sites for hydroxylation is 1. The van der Waals surface area contributed by atoms with Gasteiger partial charge in [0.2, 0.25) is 0 Å². The van der Waals surface area contributed by atoms with E-state index in [1.165, 1.54) is 28.0 Å². The molecule has 0 bridgehead atoms. The van der Waals surface area contributed by atoms with Crippen LogP contribution in [0.2, 0.25) is 0 Å². The molecule has 158 valence electrons. The van der Waals surface area contributed by atoms with E-state index in [2.05, 4.69) is 4.98 Å². The first-order chi connectivity index (χ1) is 14.3. The van der Waals surface area contributed by atoms with Crippen LogP contribution < -0.4 is 9.80 Å². The van der Waals surface area contributed by atoms with Gasteiger partial charge in [0.05, 0.1) is 17.3 Å². The average Bonchev–Trinajstić information content (AvgIpc) is 3.06. The molecule has 30 heavy (non-hydrogen) atoms. The Balaban J connectivity index is 1.45. The number of amides is 2. The van der Waals surface area contributed by atoms with E-state index >= 15 is 0 Å². The predicted octanol–water partition coefficient (Wildman–Crippen LogP) is 2.98. The number of anilines is 2. The molecule has 1 atom stereocenters. The number of hydrogen-bond acceptors (Lipinski definition) is 5. The summed E-state index contributed by atoms with van der Waals surface area (Å²) >= 11 is 0. The van der Waals surface area contributed by atoms with Crippen LogP contribution >= 0.6 is 0 Å². The van der Waals surface area contributed by atoms with Crippen LogP contribution in [0, 0.1) is 18.6 Å². The summed E-state index contributed by atoms with van der Waals surface area (Å²) in [7, 11) is 0. The number of benzene rings is 1. The molecule has 3 heterocycles. The van der Waals surface area contributed by atoms with Crippen molar-refractivity contribution in [1.82, 2.24) is 9.88 Å². The van der Waals surface area contributed by atoms with Crippen molar-refractivity contribution in [3.63, 3.8) is 0 Å². The number of carbonyl (C=O) groups is 2. The van der Waals surface area contributed by atoms with Crippen LogP contribution in [-0.4, -0.2) is 60.7 Å². The van der Waals surface area contributed by atoms with Gasteiger partial charge in [-0.2, -0.15) is 0 Å². The van der Waals surface area contributed by atoms with E-state index in [0.29, 0.717) is 31.9 Å². The van der Waals surface area contributed by atoms with Crippen LogP contribution in [0.15, 0.2) is 30.5 Å². The lowest BCUT2D eigenvalue weighted by atomic mass is 10.1. The van der Waals surface area contributed by atoms with Gasteiger partial charge >= 0.3 is 6.09 Å². The van der Waals surface area contributed by atoms with Crippen LogP contribution in [-0.2, 0) is 4.74 Å². The SMILES string of the molecule is Cc1cnc(N2CCN(C(=O)c3ccc(N4C(=O)OC[C@H]4C)cc3F)CC2)c(F)c1. The lowest BCUT2D eigenvalue weighted by Crippen LogP contribution is -2.49. The lowest BCUT2D eigenvalue weighted by molar-refractivity contribution is 0.0741. The number of halogens is 2. The molecule has 0 radical (unpaired) electrons. The van der Waals surface area contributed by atoms with E-state index in [9.17, 15) is 18.4 Å². The summed E-state index contributed by atoms with van der Waals surface area (Å²) < 4.78 is 33.8. The zero-order chi connectivity index (χ0) is 21.4. The van der Waals surface area contributed by atoms with Gasteiger partial charge < -0.3 is 14.5 Å². The van der Waals surface area contributed by atoms with Gasteiger partial charge in [-0.05, 0) is 43.7 Å². The molecular formula is C21H22F2N4O3. The minimum Gasteiger partial charge on any atom is -0.447 e. The Morgan fingerprint density at radius 3 is 2.47 bits per heavy atom. The fourth-order valence-electron chi connectivity index (χ4n) is 3.75. The van der Waals surface area contributed by atoms with Crippen molar-refractivity contribution in [2.45, 2.75) is 19.9 Å². The van der Waals surface area contributed by atoms with Crippen molar-refractivity contribution in [3.05, 3.63) is 53.2 Å². The summed E-state index contributed by atoms with van der Waals surface area (Å²) in [6, 6.07) is 5.33. The highest BCUT2D eigenvalue weighted by Crippen LogP contribution is 2.26. The first kappa shape index (κ1) is 20.1. The Labute approximate surface area is 172 Å².